The highest BCUT2D eigenvalue weighted by Crippen LogP contribution is 2.39. The van der Waals surface area contributed by atoms with Gasteiger partial charge in [-0.25, -0.2) is 8.42 Å². The van der Waals surface area contributed by atoms with Crippen molar-refractivity contribution in [3.8, 4) is 0 Å². The van der Waals surface area contributed by atoms with E-state index in [2.05, 4.69) is 5.32 Å². The Balaban J connectivity index is 1.94. The minimum absolute atomic E-state index is 0.101. The fraction of sp³-hybridized carbons (Fsp3) is 0.462. The van der Waals surface area contributed by atoms with Crippen LogP contribution in [0, 0.1) is 0 Å². The maximum Gasteiger partial charge on any atom is 0.245 e. The molecule has 0 radical (unpaired) electrons. The summed E-state index contributed by atoms with van der Waals surface area (Å²) in [6, 6.07) is 2.63. The number of hydrogen-bond acceptors (Lipinski definition) is 5. The van der Waals surface area contributed by atoms with Crippen LogP contribution in [0.2, 0.25) is 5.02 Å². The first-order chi connectivity index (χ1) is 9.78. The quantitative estimate of drug-likeness (QED) is 0.841. The lowest BCUT2D eigenvalue weighted by Gasteiger charge is -2.27. The smallest absolute Gasteiger partial charge is 0.245 e. The molecule has 0 saturated carbocycles. The van der Waals surface area contributed by atoms with Crippen LogP contribution < -0.4 is 16.0 Å². The number of sulfone groups is 1. The zero-order chi connectivity index (χ0) is 15.4. The molecule has 2 unspecified atom stereocenters. The Morgan fingerprint density at radius 2 is 2.14 bits per heavy atom. The Labute approximate surface area is 128 Å². The van der Waals surface area contributed by atoms with E-state index >= 15 is 0 Å². The number of fused-ring (bicyclic) bond motifs is 1. The summed E-state index contributed by atoms with van der Waals surface area (Å²) in [6.45, 7) is 0. The molecule has 0 aromatic heterocycles. The molecule has 8 heteroatoms. The number of benzene rings is 1. The molecule has 1 saturated heterocycles. The predicted molar refractivity (Wildman–Crippen MR) is 82.5 cm³/mol. The van der Waals surface area contributed by atoms with Crippen LogP contribution in [0.25, 0.3) is 0 Å². The van der Waals surface area contributed by atoms with Crippen LogP contribution >= 0.6 is 11.6 Å². The van der Waals surface area contributed by atoms with Crippen molar-refractivity contribution in [2.45, 2.75) is 18.5 Å². The van der Waals surface area contributed by atoms with E-state index in [0.29, 0.717) is 28.4 Å². The summed E-state index contributed by atoms with van der Waals surface area (Å²) >= 11 is 6.28. The van der Waals surface area contributed by atoms with Crippen LogP contribution in [0.1, 0.15) is 18.0 Å². The van der Waals surface area contributed by atoms with Crippen LogP contribution in [0.5, 0.6) is 0 Å². The van der Waals surface area contributed by atoms with E-state index in [1.54, 1.807) is 12.1 Å². The van der Waals surface area contributed by atoms with E-state index in [1.807, 2.05) is 11.9 Å². The molecule has 2 aliphatic heterocycles. The molecule has 1 amide bonds. The van der Waals surface area contributed by atoms with Crippen molar-refractivity contribution < 1.29 is 13.2 Å². The van der Waals surface area contributed by atoms with Gasteiger partial charge in [-0.05, 0) is 18.6 Å². The van der Waals surface area contributed by atoms with Gasteiger partial charge in [0, 0.05) is 24.3 Å². The van der Waals surface area contributed by atoms with Gasteiger partial charge in [0.25, 0.3) is 0 Å². The van der Waals surface area contributed by atoms with Crippen molar-refractivity contribution in [3.63, 3.8) is 0 Å². The predicted octanol–water partition coefficient (Wildman–Crippen LogP) is 0.915. The summed E-state index contributed by atoms with van der Waals surface area (Å²) in [6.07, 6.45) is 0.581. The van der Waals surface area contributed by atoms with Gasteiger partial charge in [-0.2, -0.15) is 0 Å². The largest absolute Gasteiger partial charge is 0.369 e. The van der Waals surface area contributed by atoms with Gasteiger partial charge in [-0.3, -0.25) is 4.79 Å². The van der Waals surface area contributed by atoms with Gasteiger partial charge in [-0.1, -0.05) is 11.6 Å². The van der Waals surface area contributed by atoms with Gasteiger partial charge in [0.05, 0.1) is 22.2 Å². The highest BCUT2D eigenvalue weighted by molar-refractivity contribution is 7.91. The Bertz CT molecular complexity index is 720. The van der Waals surface area contributed by atoms with Crippen molar-refractivity contribution in [1.82, 2.24) is 0 Å². The zero-order valence-electron chi connectivity index (χ0n) is 11.5. The lowest BCUT2D eigenvalue weighted by Crippen LogP contribution is -2.32. The van der Waals surface area contributed by atoms with Crippen LogP contribution in [0.3, 0.4) is 0 Å². The van der Waals surface area contributed by atoms with E-state index in [4.69, 9.17) is 17.3 Å². The molecule has 0 bridgehead atoms. The fourth-order valence-corrected chi connectivity index (χ4v) is 4.92. The van der Waals surface area contributed by atoms with E-state index in [9.17, 15) is 13.2 Å². The Kier molecular flexibility index (Phi) is 3.38. The molecule has 0 aliphatic carbocycles. The third-order valence-electron chi connectivity index (χ3n) is 4.13. The molecule has 0 spiro atoms. The van der Waals surface area contributed by atoms with Crippen LogP contribution in [0.15, 0.2) is 12.1 Å². The van der Waals surface area contributed by atoms with Crippen LogP contribution in [-0.4, -0.2) is 38.9 Å². The number of amides is 1. The van der Waals surface area contributed by atoms with Gasteiger partial charge >= 0.3 is 0 Å². The molecule has 3 rings (SSSR count). The number of carbonyl (C=O) groups excluding carboxylic acids is 1. The number of rotatable bonds is 2. The summed E-state index contributed by atoms with van der Waals surface area (Å²) in [5.41, 5.74) is 7.79. The lowest BCUT2D eigenvalue weighted by molar-refractivity contribution is -0.116. The van der Waals surface area contributed by atoms with Crippen LogP contribution in [-0.2, 0) is 14.6 Å². The van der Waals surface area contributed by atoms with Gasteiger partial charge in [0.15, 0.2) is 9.84 Å². The number of hydrogen-bond donors (Lipinski definition) is 2. The second-order valence-electron chi connectivity index (χ2n) is 5.53. The van der Waals surface area contributed by atoms with Crippen LogP contribution in [0.4, 0.5) is 11.4 Å². The summed E-state index contributed by atoms with van der Waals surface area (Å²) in [4.78, 5) is 13.5. The number of halogens is 1. The first kappa shape index (κ1) is 14.6. The normalized spacial score (nSPS) is 26.5. The van der Waals surface area contributed by atoms with E-state index in [0.717, 1.165) is 0 Å². The van der Waals surface area contributed by atoms with Gasteiger partial charge in [0.2, 0.25) is 5.91 Å². The minimum Gasteiger partial charge on any atom is -0.369 e. The SMILES string of the molecule is CN(c1cc2c(cc1Cl)C(N)C(=O)N2)C1CCS(=O)(=O)C1. The first-order valence-corrected chi connectivity index (χ1v) is 8.81. The number of carbonyl (C=O) groups is 1. The average Bonchev–Trinajstić information content (AvgIpc) is 2.90. The third-order valence-corrected chi connectivity index (χ3v) is 6.18. The van der Waals surface area contributed by atoms with E-state index in [-0.39, 0.29) is 23.5 Å². The van der Waals surface area contributed by atoms with Crippen molar-refractivity contribution in [2.75, 3.05) is 28.8 Å². The van der Waals surface area contributed by atoms with E-state index in [1.165, 1.54) is 0 Å². The minimum atomic E-state index is -2.96. The average molecular weight is 330 g/mol. The number of nitrogens with two attached hydrogens (primary N) is 1. The molecule has 1 aromatic rings. The molecule has 1 aromatic carbocycles. The second kappa shape index (κ2) is 4.86. The molecule has 114 valence electrons. The number of nitrogens with one attached hydrogen (secondary N) is 1. The molecular formula is C13H16ClN3O3S. The van der Waals surface area contributed by atoms with Gasteiger partial charge in [0.1, 0.15) is 6.04 Å². The molecule has 21 heavy (non-hydrogen) atoms. The first-order valence-electron chi connectivity index (χ1n) is 6.61. The van der Waals surface area contributed by atoms with Crippen molar-refractivity contribution in [2.24, 2.45) is 5.73 Å². The fourth-order valence-electron chi connectivity index (χ4n) is 2.84. The van der Waals surface area contributed by atoms with E-state index < -0.39 is 15.9 Å². The Hall–Kier alpha value is -1.31. The summed E-state index contributed by atoms with van der Waals surface area (Å²) in [5.74, 6) is 0.0684. The topological polar surface area (TPSA) is 92.5 Å². The summed E-state index contributed by atoms with van der Waals surface area (Å²) in [7, 11) is -1.15. The zero-order valence-corrected chi connectivity index (χ0v) is 13.0. The van der Waals surface area contributed by atoms with Crippen molar-refractivity contribution in [1.29, 1.82) is 0 Å². The molecule has 1 fully saturated rings. The molecule has 2 aliphatic rings. The van der Waals surface area contributed by atoms with Gasteiger partial charge < -0.3 is 16.0 Å². The standard InChI is InChI=1S/C13H16ClN3O3S/c1-17(7-2-3-21(19,20)6-7)11-5-10-8(4-9(11)14)12(15)13(18)16-10/h4-5,7,12H,2-3,6,15H2,1H3,(H,16,18). The van der Waals surface area contributed by atoms with Crippen molar-refractivity contribution >= 4 is 38.7 Å². The summed E-state index contributed by atoms with van der Waals surface area (Å²) in [5, 5.41) is 3.17. The summed E-state index contributed by atoms with van der Waals surface area (Å²) < 4.78 is 23.2. The maximum absolute atomic E-state index is 11.6. The van der Waals surface area contributed by atoms with Crippen molar-refractivity contribution in [3.05, 3.63) is 22.7 Å². The second-order valence-corrected chi connectivity index (χ2v) is 8.16. The maximum atomic E-state index is 11.6. The molecule has 3 N–H and O–H groups in total. The third kappa shape index (κ3) is 2.49. The Morgan fingerprint density at radius 1 is 1.43 bits per heavy atom. The highest BCUT2D eigenvalue weighted by Gasteiger charge is 2.33. The Morgan fingerprint density at radius 3 is 2.76 bits per heavy atom. The molecule has 2 heterocycles. The molecule has 2 atom stereocenters. The lowest BCUT2D eigenvalue weighted by atomic mass is 10.1. The number of nitrogens with zero attached hydrogens (tertiary/aromatic N) is 1. The number of anilines is 2. The van der Waals surface area contributed by atoms with Gasteiger partial charge in [-0.15, -0.1) is 0 Å². The molecular weight excluding hydrogens is 314 g/mol. The highest BCUT2D eigenvalue weighted by atomic mass is 35.5. The molecule has 6 nitrogen and oxygen atoms in total. The monoisotopic (exact) mass is 329 g/mol.